The lowest BCUT2D eigenvalue weighted by molar-refractivity contribution is -0.137. The average Bonchev–Trinajstić information content (AvgIpc) is 2.25. The number of aliphatic hydroxyl groups is 1. The van der Waals surface area contributed by atoms with Gasteiger partial charge in [-0.2, -0.15) is 0 Å². The molecule has 16 heavy (non-hydrogen) atoms. The van der Waals surface area contributed by atoms with Crippen LogP contribution in [0.3, 0.4) is 0 Å². The topological polar surface area (TPSA) is 109 Å². The molecule has 6 nitrogen and oxygen atoms in total. The Morgan fingerprint density at radius 2 is 2.25 bits per heavy atom. The normalized spacial score (nSPS) is 28.9. The summed E-state index contributed by atoms with van der Waals surface area (Å²) in [6, 6.07) is -0.698. The highest BCUT2D eigenvalue weighted by Crippen LogP contribution is 2.16. The number of nitrogens with one attached hydrogen (secondary N) is 1. The highest BCUT2D eigenvalue weighted by atomic mass is 16.3. The Bertz CT molecular complexity index is 293. The molecule has 6 heteroatoms. The predicted molar refractivity (Wildman–Crippen MR) is 55.4 cm³/mol. The lowest BCUT2D eigenvalue weighted by Crippen LogP contribution is -2.41. The second kappa shape index (κ2) is 5.72. The van der Waals surface area contributed by atoms with Gasteiger partial charge < -0.3 is 21.0 Å². The molecule has 0 bridgehead atoms. The molecular weight excluding hydrogens is 212 g/mol. The summed E-state index contributed by atoms with van der Waals surface area (Å²) in [6.45, 7) is 0.369. The van der Waals surface area contributed by atoms with Crippen LogP contribution in [0.5, 0.6) is 0 Å². The van der Waals surface area contributed by atoms with E-state index in [1.165, 1.54) is 0 Å². The van der Waals surface area contributed by atoms with Crippen LogP contribution in [0.25, 0.3) is 0 Å². The maximum Gasteiger partial charge on any atom is 0.223 e. The zero-order valence-corrected chi connectivity index (χ0v) is 8.89. The maximum atomic E-state index is 11.7. The lowest BCUT2D eigenvalue weighted by Gasteiger charge is -2.23. The van der Waals surface area contributed by atoms with E-state index in [1.807, 2.05) is 0 Å². The van der Waals surface area contributed by atoms with Crippen molar-refractivity contribution >= 4 is 18.0 Å². The van der Waals surface area contributed by atoms with Gasteiger partial charge in [0.2, 0.25) is 5.91 Å². The SMILES string of the molecule is N[C@H](C=O)CC1CCNC(=O)CC(O)C1=O. The summed E-state index contributed by atoms with van der Waals surface area (Å²) in [6.07, 6.45) is -0.301. The van der Waals surface area contributed by atoms with Crippen LogP contribution in [0.2, 0.25) is 0 Å². The summed E-state index contributed by atoms with van der Waals surface area (Å²) in [4.78, 5) is 33.2. The third-order valence-electron chi connectivity index (χ3n) is 2.66. The van der Waals surface area contributed by atoms with E-state index in [0.717, 1.165) is 0 Å². The number of Topliss-reactive ketones (excluding diaryl/α,β-unsaturated/α-hetero) is 1. The Morgan fingerprint density at radius 3 is 2.88 bits per heavy atom. The first-order chi connectivity index (χ1) is 7.54. The molecule has 1 amide bonds. The Balaban J connectivity index is 2.65. The number of hydrogen-bond acceptors (Lipinski definition) is 5. The van der Waals surface area contributed by atoms with E-state index in [-0.39, 0.29) is 18.7 Å². The van der Waals surface area contributed by atoms with E-state index in [9.17, 15) is 19.5 Å². The van der Waals surface area contributed by atoms with Crippen molar-refractivity contribution in [2.75, 3.05) is 6.54 Å². The fourth-order valence-corrected chi connectivity index (χ4v) is 1.77. The third kappa shape index (κ3) is 3.39. The third-order valence-corrected chi connectivity index (χ3v) is 2.66. The summed E-state index contributed by atoms with van der Waals surface area (Å²) in [7, 11) is 0. The molecule has 0 aromatic carbocycles. The van der Waals surface area contributed by atoms with Crippen molar-refractivity contribution in [1.29, 1.82) is 0 Å². The van der Waals surface area contributed by atoms with Gasteiger partial charge in [-0.3, -0.25) is 9.59 Å². The van der Waals surface area contributed by atoms with Crippen LogP contribution in [0, 0.1) is 5.92 Å². The molecule has 1 heterocycles. The van der Waals surface area contributed by atoms with Crippen molar-refractivity contribution in [2.24, 2.45) is 11.7 Å². The highest BCUT2D eigenvalue weighted by molar-refractivity contribution is 5.91. The molecule has 0 saturated carbocycles. The van der Waals surface area contributed by atoms with E-state index >= 15 is 0 Å². The van der Waals surface area contributed by atoms with E-state index < -0.39 is 23.8 Å². The van der Waals surface area contributed by atoms with E-state index in [4.69, 9.17) is 5.73 Å². The Morgan fingerprint density at radius 1 is 1.56 bits per heavy atom. The van der Waals surface area contributed by atoms with Crippen molar-refractivity contribution in [1.82, 2.24) is 5.32 Å². The molecule has 3 atom stereocenters. The van der Waals surface area contributed by atoms with Crippen LogP contribution in [0.1, 0.15) is 19.3 Å². The quantitative estimate of drug-likeness (QED) is 0.502. The first-order valence-corrected chi connectivity index (χ1v) is 5.24. The van der Waals surface area contributed by atoms with Crippen LogP contribution in [0.4, 0.5) is 0 Å². The van der Waals surface area contributed by atoms with Crippen LogP contribution in [-0.2, 0) is 14.4 Å². The molecule has 4 N–H and O–H groups in total. The number of aldehydes is 1. The summed E-state index contributed by atoms with van der Waals surface area (Å²) >= 11 is 0. The van der Waals surface area contributed by atoms with Gasteiger partial charge in [-0.05, 0) is 12.8 Å². The van der Waals surface area contributed by atoms with E-state index in [2.05, 4.69) is 5.32 Å². The molecule has 1 saturated heterocycles. The van der Waals surface area contributed by atoms with Gasteiger partial charge in [0.1, 0.15) is 12.4 Å². The molecule has 1 fully saturated rings. The summed E-state index contributed by atoms with van der Waals surface area (Å²) in [5.41, 5.74) is 5.44. The summed E-state index contributed by atoms with van der Waals surface area (Å²) < 4.78 is 0. The zero-order valence-electron chi connectivity index (χ0n) is 8.89. The van der Waals surface area contributed by atoms with Gasteiger partial charge in [-0.15, -0.1) is 0 Å². The number of rotatable bonds is 3. The van der Waals surface area contributed by atoms with E-state index in [0.29, 0.717) is 19.3 Å². The van der Waals surface area contributed by atoms with Gasteiger partial charge in [0.25, 0.3) is 0 Å². The Hall–Kier alpha value is -1.27. The molecule has 1 rings (SSSR count). The van der Waals surface area contributed by atoms with Gasteiger partial charge in [0.05, 0.1) is 12.5 Å². The van der Waals surface area contributed by atoms with Crippen molar-refractivity contribution in [3.63, 3.8) is 0 Å². The molecule has 1 aliphatic heterocycles. The number of aliphatic hydroxyl groups excluding tert-OH is 1. The van der Waals surface area contributed by atoms with Gasteiger partial charge in [0, 0.05) is 12.5 Å². The first kappa shape index (κ1) is 12.8. The molecule has 90 valence electrons. The molecule has 0 spiro atoms. The number of carbonyl (C=O) groups excluding carboxylic acids is 3. The fourth-order valence-electron chi connectivity index (χ4n) is 1.77. The Labute approximate surface area is 93.2 Å². The van der Waals surface area contributed by atoms with Crippen LogP contribution < -0.4 is 11.1 Å². The van der Waals surface area contributed by atoms with Crippen LogP contribution >= 0.6 is 0 Å². The zero-order chi connectivity index (χ0) is 12.1. The minimum absolute atomic E-state index is 0.217. The van der Waals surface area contributed by atoms with Crippen molar-refractivity contribution in [2.45, 2.75) is 31.4 Å². The first-order valence-electron chi connectivity index (χ1n) is 5.24. The molecular formula is C10H16N2O4. The van der Waals surface area contributed by atoms with Crippen LogP contribution in [-0.4, -0.2) is 41.8 Å². The van der Waals surface area contributed by atoms with E-state index in [1.54, 1.807) is 0 Å². The standard InChI is InChI=1S/C10H16N2O4/c11-7(5-13)3-6-1-2-12-9(15)4-8(14)10(6)16/h5-8,14H,1-4,11H2,(H,12,15)/t6?,7-,8?/m0/s1. The maximum absolute atomic E-state index is 11.7. The predicted octanol–water partition coefficient (Wildman–Crippen LogP) is -1.64. The summed E-state index contributed by atoms with van der Waals surface area (Å²) in [5, 5.41) is 12.0. The van der Waals surface area contributed by atoms with Crippen molar-refractivity contribution < 1.29 is 19.5 Å². The number of hydrogen-bond donors (Lipinski definition) is 3. The number of nitrogens with two attached hydrogens (primary N) is 1. The molecule has 0 radical (unpaired) electrons. The molecule has 1 aliphatic rings. The number of ketones is 1. The molecule has 0 aromatic heterocycles. The molecule has 0 aromatic rings. The number of carbonyl (C=O) groups is 3. The molecule has 0 aliphatic carbocycles. The number of amides is 1. The average molecular weight is 228 g/mol. The second-order valence-electron chi connectivity index (χ2n) is 3.99. The van der Waals surface area contributed by atoms with Gasteiger partial charge in [0.15, 0.2) is 5.78 Å². The van der Waals surface area contributed by atoms with Gasteiger partial charge in [-0.1, -0.05) is 0 Å². The monoisotopic (exact) mass is 228 g/mol. The van der Waals surface area contributed by atoms with Crippen LogP contribution in [0.15, 0.2) is 0 Å². The fraction of sp³-hybridized carbons (Fsp3) is 0.700. The minimum atomic E-state index is -1.29. The largest absolute Gasteiger partial charge is 0.385 e. The summed E-state index contributed by atoms with van der Waals surface area (Å²) in [5.74, 6) is -1.19. The van der Waals surface area contributed by atoms with Crippen molar-refractivity contribution in [3.05, 3.63) is 0 Å². The van der Waals surface area contributed by atoms with Gasteiger partial charge in [-0.25, -0.2) is 0 Å². The van der Waals surface area contributed by atoms with Gasteiger partial charge >= 0.3 is 0 Å². The Kier molecular flexibility index (Phi) is 4.57. The second-order valence-corrected chi connectivity index (χ2v) is 3.99. The highest BCUT2D eigenvalue weighted by Gasteiger charge is 2.30. The smallest absolute Gasteiger partial charge is 0.223 e. The molecule has 2 unspecified atom stereocenters. The van der Waals surface area contributed by atoms with Crippen molar-refractivity contribution in [3.8, 4) is 0 Å². The lowest BCUT2D eigenvalue weighted by atomic mass is 9.88. The minimum Gasteiger partial charge on any atom is -0.385 e.